The van der Waals surface area contributed by atoms with Gasteiger partial charge in [0.15, 0.2) is 0 Å². The number of carbonyl (C=O) groups excluding carboxylic acids is 1. The van der Waals surface area contributed by atoms with E-state index in [1.54, 1.807) is 7.11 Å². The molecule has 1 aliphatic rings. The van der Waals surface area contributed by atoms with E-state index in [1.165, 1.54) is 30.0 Å². The maximum atomic E-state index is 14.1. The largest absolute Gasteiger partial charge is 0.496 e. The summed E-state index contributed by atoms with van der Waals surface area (Å²) in [6.45, 7) is 0.378. The van der Waals surface area contributed by atoms with E-state index in [4.69, 9.17) is 4.74 Å². The van der Waals surface area contributed by atoms with Crippen molar-refractivity contribution in [1.82, 2.24) is 10.0 Å². The van der Waals surface area contributed by atoms with Crippen LogP contribution in [0.5, 0.6) is 5.75 Å². The molecule has 2 aromatic carbocycles. The number of rotatable bonds is 11. The van der Waals surface area contributed by atoms with E-state index in [2.05, 4.69) is 10.0 Å². The van der Waals surface area contributed by atoms with Crippen LogP contribution in [0, 0.1) is 5.82 Å². The summed E-state index contributed by atoms with van der Waals surface area (Å²) in [4.78, 5) is 12.7. The minimum Gasteiger partial charge on any atom is -0.496 e. The Balaban J connectivity index is 1.79. The number of carbonyl (C=O) groups is 1. The van der Waals surface area contributed by atoms with Crippen molar-refractivity contribution in [3.05, 3.63) is 59.9 Å². The Bertz CT molecular complexity index is 1060. The predicted molar refractivity (Wildman–Crippen MR) is 130 cm³/mol. The average molecular weight is 495 g/mol. The summed E-state index contributed by atoms with van der Waals surface area (Å²) in [7, 11) is -2.56. The summed E-state index contributed by atoms with van der Waals surface area (Å²) in [5.41, 5.74) is 0.786. The average Bonchev–Trinajstić information content (AvgIpc) is 3.30. The van der Waals surface area contributed by atoms with Crippen LogP contribution in [0.25, 0.3) is 0 Å². The number of sulfonamides is 1. The van der Waals surface area contributed by atoms with Gasteiger partial charge in [0.1, 0.15) is 22.5 Å². The molecule has 180 valence electrons. The lowest BCUT2D eigenvalue weighted by Gasteiger charge is -2.32. The molecule has 2 aromatic rings. The lowest BCUT2D eigenvalue weighted by atomic mass is 9.78. The number of ether oxygens (including phenoxy) is 1. The topological polar surface area (TPSA) is 84.5 Å². The van der Waals surface area contributed by atoms with Gasteiger partial charge in [-0.3, -0.25) is 4.79 Å². The maximum Gasteiger partial charge on any atom is 0.244 e. The highest BCUT2D eigenvalue weighted by Gasteiger charge is 2.39. The van der Waals surface area contributed by atoms with Crippen LogP contribution in [-0.2, 0) is 20.2 Å². The number of hydrogen-bond donors (Lipinski definition) is 2. The van der Waals surface area contributed by atoms with Gasteiger partial charge < -0.3 is 10.1 Å². The van der Waals surface area contributed by atoms with Crippen LogP contribution < -0.4 is 14.8 Å². The quantitative estimate of drug-likeness (QED) is 0.496. The summed E-state index contributed by atoms with van der Waals surface area (Å²) in [5.74, 6) is 0.100. The molecule has 1 amide bonds. The minimum atomic E-state index is -4.20. The molecule has 1 aliphatic carbocycles. The zero-order valence-electron chi connectivity index (χ0n) is 19.0. The van der Waals surface area contributed by atoms with Gasteiger partial charge in [0.05, 0.1) is 7.11 Å². The Hall–Kier alpha value is -2.10. The van der Waals surface area contributed by atoms with Crippen LogP contribution >= 0.6 is 11.8 Å². The van der Waals surface area contributed by atoms with Gasteiger partial charge in [0.25, 0.3) is 0 Å². The van der Waals surface area contributed by atoms with Crippen molar-refractivity contribution < 1.29 is 22.3 Å². The molecule has 0 spiro atoms. The lowest BCUT2D eigenvalue weighted by molar-refractivity contribution is -0.123. The van der Waals surface area contributed by atoms with Crippen molar-refractivity contribution in [3.8, 4) is 5.75 Å². The zero-order valence-corrected chi connectivity index (χ0v) is 20.6. The molecule has 0 heterocycles. The Labute approximate surface area is 199 Å². The number of methoxy groups -OCH3 is 1. The first-order valence-electron chi connectivity index (χ1n) is 11.0. The molecule has 0 bridgehead atoms. The van der Waals surface area contributed by atoms with E-state index in [-0.39, 0.29) is 5.41 Å². The van der Waals surface area contributed by atoms with Gasteiger partial charge in [0.2, 0.25) is 15.9 Å². The van der Waals surface area contributed by atoms with Crippen molar-refractivity contribution in [1.29, 1.82) is 0 Å². The van der Waals surface area contributed by atoms with Crippen LogP contribution in [0.15, 0.2) is 53.4 Å². The van der Waals surface area contributed by atoms with Gasteiger partial charge in [-0.15, -0.1) is 0 Å². The summed E-state index contributed by atoms with van der Waals surface area (Å²) < 4.78 is 47.7. The van der Waals surface area contributed by atoms with Crippen LogP contribution in [0.4, 0.5) is 4.39 Å². The van der Waals surface area contributed by atoms with Crippen molar-refractivity contribution in [2.24, 2.45) is 0 Å². The first-order chi connectivity index (χ1) is 15.8. The number of benzene rings is 2. The van der Waals surface area contributed by atoms with Crippen LogP contribution in [-0.4, -0.2) is 46.0 Å². The van der Waals surface area contributed by atoms with Crippen LogP contribution in [0.1, 0.15) is 37.7 Å². The van der Waals surface area contributed by atoms with Crippen molar-refractivity contribution in [2.75, 3.05) is 25.7 Å². The van der Waals surface area contributed by atoms with Crippen molar-refractivity contribution in [2.45, 2.75) is 48.5 Å². The standard InChI is InChI=1S/C24H31FN2O4S2/c1-31-21-11-5-3-9-18(21)24(14-7-8-15-24)17-26-23(28)20(13-16-32-2)27-33(29,30)22-12-6-4-10-19(22)25/h3-6,9-12,20,27H,7-8,13-17H2,1-2H3,(H,26,28). The number of thioether (sulfide) groups is 1. The normalized spacial score (nSPS) is 16.3. The highest BCUT2D eigenvalue weighted by Crippen LogP contribution is 2.44. The van der Waals surface area contributed by atoms with E-state index >= 15 is 0 Å². The van der Waals surface area contributed by atoms with E-state index in [0.717, 1.165) is 43.1 Å². The molecular formula is C24H31FN2O4S2. The molecule has 1 unspecified atom stereocenters. The monoisotopic (exact) mass is 494 g/mol. The van der Waals surface area contributed by atoms with E-state index in [1.807, 2.05) is 30.5 Å². The maximum absolute atomic E-state index is 14.1. The van der Waals surface area contributed by atoms with Gasteiger partial charge in [0, 0.05) is 17.5 Å². The Kier molecular flexibility index (Phi) is 8.78. The first-order valence-corrected chi connectivity index (χ1v) is 13.9. The predicted octanol–water partition coefficient (Wildman–Crippen LogP) is 3.86. The van der Waals surface area contributed by atoms with E-state index in [9.17, 15) is 17.6 Å². The Morgan fingerprint density at radius 2 is 1.82 bits per heavy atom. The molecule has 0 saturated heterocycles. The second-order valence-corrected chi connectivity index (χ2v) is 11.0. The van der Waals surface area contributed by atoms with Gasteiger partial charge >= 0.3 is 0 Å². The van der Waals surface area contributed by atoms with Crippen LogP contribution in [0.2, 0.25) is 0 Å². The van der Waals surface area contributed by atoms with Gasteiger partial charge in [-0.1, -0.05) is 43.2 Å². The third-order valence-corrected chi connectivity index (χ3v) is 8.34. The fourth-order valence-corrected chi connectivity index (χ4v) is 6.23. The van der Waals surface area contributed by atoms with Crippen molar-refractivity contribution in [3.63, 3.8) is 0 Å². The van der Waals surface area contributed by atoms with Crippen molar-refractivity contribution >= 4 is 27.7 Å². The molecular weight excluding hydrogens is 463 g/mol. The van der Waals surface area contributed by atoms with Gasteiger partial charge in [-0.2, -0.15) is 16.5 Å². The SMILES string of the molecule is COc1ccccc1C1(CNC(=O)C(CCSC)NS(=O)(=O)c2ccccc2F)CCCC1. The molecule has 6 nitrogen and oxygen atoms in total. The molecule has 0 aromatic heterocycles. The number of hydrogen-bond acceptors (Lipinski definition) is 5. The smallest absolute Gasteiger partial charge is 0.244 e. The Morgan fingerprint density at radius 3 is 2.48 bits per heavy atom. The first kappa shape index (κ1) is 25.5. The summed E-state index contributed by atoms with van der Waals surface area (Å²) in [6, 6.07) is 12.0. The minimum absolute atomic E-state index is 0.267. The molecule has 3 rings (SSSR count). The van der Waals surface area contributed by atoms with Gasteiger partial charge in [-0.25, -0.2) is 12.8 Å². The highest BCUT2D eigenvalue weighted by molar-refractivity contribution is 7.98. The zero-order chi connectivity index (χ0) is 23.9. The third-order valence-electron chi connectivity index (χ3n) is 6.19. The molecule has 0 aliphatic heterocycles. The molecule has 1 fully saturated rings. The third kappa shape index (κ3) is 6.07. The second kappa shape index (κ2) is 11.4. The Morgan fingerprint density at radius 1 is 1.15 bits per heavy atom. The highest BCUT2D eigenvalue weighted by atomic mass is 32.2. The molecule has 33 heavy (non-hydrogen) atoms. The van der Waals surface area contributed by atoms with E-state index < -0.39 is 32.7 Å². The summed E-state index contributed by atoms with van der Waals surface area (Å²) in [6.07, 6.45) is 6.08. The number of para-hydroxylation sites is 1. The molecule has 2 N–H and O–H groups in total. The second-order valence-electron chi connectivity index (χ2n) is 8.29. The molecule has 1 saturated carbocycles. The molecule has 0 radical (unpaired) electrons. The molecule has 9 heteroatoms. The molecule has 1 atom stereocenters. The fraction of sp³-hybridized carbons (Fsp3) is 0.458. The van der Waals surface area contributed by atoms with Gasteiger partial charge in [-0.05, 0) is 49.5 Å². The summed E-state index contributed by atoms with van der Waals surface area (Å²) in [5, 5.41) is 2.99. The van der Waals surface area contributed by atoms with E-state index in [0.29, 0.717) is 18.7 Å². The summed E-state index contributed by atoms with van der Waals surface area (Å²) >= 11 is 1.51. The number of nitrogens with one attached hydrogen (secondary N) is 2. The fourth-order valence-electron chi connectivity index (χ4n) is 4.45. The number of halogens is 1. The lowest BCUT2D eigenvalue weighted by Crippen LogP contribution is -2.50. The van der Waals surface area contributed by atoms with Crippen LogP contribution in [0.3, 0.4) is 0 Å². The number of amides is 1.